The lowest BCUT2D eigenvalue weighted by molar-refractivity contribution is 0.0950. The molecule has 0 saturated heterocycles. The van der Waals surface area contributed by atoms with E-state index in [0.29, 0.717) is 0 Å². The van der Waals surface area contributed by atoms with Crippen LogP contribution in [0.15, 0.2) is 18.5 Å². The number of pyridine rings is 1. The van der Waals surface area contributed by atoms with Gasteiger partial charge in [-0.25, -0.2) is 0 Å². The second kappa shape index (κ2) is 3.46. The molecule has 0 saturated carbocycles. The topological polar surface area (TPSA) is 53.4 Å². The van der Waals surface area contributed by atoms with Gasteiger partial charge in [-0.3, -0.25) is 4.98 Å². The number of aromatic nitrogens is 1. The number of aryl methyl sites for hydroxylation is 1. The number of aliphatic hydroxyl groups is 2. The summed E-state index contributed by atoms with van der Waals surface area (Å²) in [6.07, 6.45) is 2.48. The molecule has 0 aliphatic heterocycles. The van der Waals surface area contributed by atoms with E-state index in [9.17, 15) is 5.11 Å². The fourth-order valence-electron chi connectivity index (χ4n) is 0.956. The van der Waals surface area contributed by atoms with Crippen molar-refractivity contribution in [3.8, 4) is 0 Å². The van der Waals surface area contributed by atoms with Gasteiger partial charge < -0.3 is 10.2 Å². The summed E-state index contributed by atoms with van der Waals surface area (Å²) in [5, 5.41) is 17.9. The van der Waals surface area contributed by atoms with Crippen molar-refractivity contribution in [3.05, 3.63) is 29.6 Å². The quantitative estimate of drug-likeness (QED) is 0.647. The molecule has 0 radical (unpaired) electrons. The molecule has 0 bridgehead atoms. The Balaban J connectivity index is 2.93. The number of hydrogen-bond donors (Lipinski definition) is 2. The third kappa shape index (κ3) is 1.76. The average Bonchev–Trinajstić information content (AvgIpc) is 2.04. The first kappa shape index (κ1) is 8.17. The number of rotatable bonds is 2. The molecule has 0 amide bonds. The molecule has 0 aromatic carbocycles. The van der Waals surface area contributed by atoms with E-state index in [1.807, 2.05) is 6.92 Å². The Morgan fingerprint density at radius 2 is 2.36 bits per heavy atom. The van der Waals surface area contributed by atoms with Gasteiger partial charge in [0.1, 0.15) is 6.10 Å². The molecule has 3 nitrogen and oxygen atoms in total. The molecule has 1 heterocycles. The molecule has 0 fully saturated rings. The van der Waals surface area contributed by atoms with Crippen molar-refractivity contribution >= 4 is 0 Å². The Morgan fingerprint density at radius 3 is 2.91 bits per heavy atom. The lowest BCUT2D eigenvalue weighted by Gasteiger charge is -2.08. The maximum Gasteiger partial charge on any atom is 0.102 e. The normalized spacial score (nSPS) is 13.0. The van der Waals surface area contributed by atoms with Gasteiger partial charge in [0.15, 0.2) is 0 Å². The maximum absolute atomic E-state index is 9.23. The minimum absolute atomic E-state index is 0.245. The second-order valence-corrected chi connectivity index (χ2v) is 2.43. The first-order valence-corrected chi connectivity index (χ1v) is 3.45. The van der Waals surface area contributed by atoms with E-state index < -0.39 is 6.10 Å². The van der Waals surface area contributed by atoms with E-state index in [0.717, 1.165) is 11.1 Å². The van der Waals surface area contributed by atoms with Gasteiger partial charge in [0, 0.05) is 12.4 Å². The van der Waals surface area contributed by atoms with Gasteiger partial charge in [0.25, 0.3) is 0 Å². The molecule has 3 heteroatoms. The molecule has 11 heavy (non-hydrogen) atoms. The van der Waals surface area contributed by atoms with Crippen LogP contribution in [0, 0.1) is 6.92 Å². The minimum Gasteiger partial charge on any atom is -0.393 e. The van der Waals surface area contributed by atoms with Gasteiger partial charge in [-0.2, -0.15) is 0 Å². The van der Waals surface area contributed by atoms with Crippen molar-refractivity contribution in [1.82, 2.24) is 4.98 Å². The highest BCUT2D eigenvalue weighted by atomic mass is 16.3. The van der Waals surface area contributed by atoms with Crippen LogP contribution >= 0.6 is 0 Å². The van der Waals surface area contributed by atoms with Crippen LogP contribution in [0.4, 0.5) is 0 Å². The Bertz CT molecular complexity index is 237. The molecule has 1 rings (SSSR count). The first-order chi connectivity index (χ1) is 5.25. The fourth-order valence-corrected chi connectivity index (χ4v) is 0.956. The maximum atomic E-state index is 9.23. The van der Waals surface area contributed by atoms with Crippen LogP contribution in [-0.4, -0.2) is 21.8 Å². The van der Waals surface area contributed by atoms with E-state index in [4.69, 9.17) is 5.11 Å². The highest BCUT2D eigenvalue weighted by molar-refractivity contribution is 5.23. The summed E-state index contributed by atoms with van der Waals surface area (Å²) >= 11 is 0. The summed E-state index contributed by atoms with van der Waals surface area (Å²) in [4.78, 5) is 3.87. The third-order valence-corrected chi connectivity index (χ3v) is 1.60. The zero-order valence-electron chi connectivity index (χ0n) is 6.36. The van der Waals surface area contributed by atoms with Crippen molar-refractivity contribution in [2.24, 2.45) is 0 Å². The van der Waals surface area contributed by atoms with Crippen molar-refractivity contribution in [1.29, 1.82) is 0 Å². The van der Waals surface area contributed by atoms with Crippen molar-refractivity contribution in [3.63, 3.8) is 0 Å². The zero-order valence-corrected chi connectivity index (χ0v) is 6.36. The van der Waals surface area contributed by atoms with Crippen molar-refractivity contribution in [2.75, 3.05) is 6.61 Å². The van der Waals surface area contributed by atoms with Crippen LogP contribution in [-0.2, 0) is 0 Å². The molecule has 1 aromatic heterocycles. The predicted molar refractivity (Wildman–Crippen MR) is 41.0 cm³/mol. The second-order valence-electron chi connectivity index (χ2n) is 2.43. The monoisotopic (exact) mass is 153 g/mol. The summed E-state index contributed by atoms with van der Waals surface area (Å²) < 4.78 is 0. The first-order valence-electron chi connectivity index (χ1n) is 3.45. The largest absolute Gasteiger partial charge is 0.393 e. The van der Waals surface area contributed by atoms with Gasteiger partial charge in [0.05, 0.1) is 6.61 Å². The minimum atomic E-state index is -0.780. The Labute approximate surface area is 65.3 Å². The zero-order chi connectivity index (χ0) is 8.27. The Kier molecular flexibility index (Phi) is 2.57. The molecule has 0 aliphatic carbocycles. The lowest BCUT2D eigenvalue weighted by atomic mass is 10.1. The number of hydrogen-bond acceptors (Lipinski definition) is 3. The van der Waals surface area contributed by atoms with E-state index in [1.54, 1.807) is 18.5 Å². The van der Waals surface area contributed by atoms with Gasteiger partial charge in [-0.15, -0.1) is 0 Å². The molecular weight excluding hydrogens is 142 g/mol. The average molecular weight is 153 g/mol. The highest BCUT2D eigenvalue weighted by Crippen LogP contribution is 2.14. The van der Waals surface area contributed by atoms with E-state index in [1.165, 1.54) is 0 Å². The molecule has 1 atom stereocenters. The highest BCUT2D eigenvalue weighted by Gasteiger charge is 2.07. The fraction of sp³-hybridized carbons (Fsp3) is 0.375. The van der Waals surface area contributed by atoms with Crippen LogP contribution in [0.3, 0.4) is 0 Å². The third-order valence-electron chi connectivity index (χ3n) is 1.60. The summed E-state index contributed by atoms with van der Waals surface area (Å²) in [6.45, 7) is 1.60. The molecular formula is C8H11NO2. The molecule has 0 spiro atoms. The van der Waals surface area contributed by atoms with Gasteiger partial charge >= 0.3 is 0 Å². The van der Waals surface area contributed by atoms with E-state index in [-0.39, 0.29) is 6.61 Å². The van der Waals surface area contributed by atoms with Crippen molar-refractivity contribution < 1.29 is 10.2 Å². The van der Waals surface area contributed by atoms with Crippen LogP contribution in [0.1, 0.15) is 17.2 Å². The summed E-state index contributed by atoms with van der Waals surface area (Å²) in [7, 11) is 0. The SMILES string of the molecule is Cc1cnccc1[C@@H](O)CO. The van der Waals surface area contributed by atoms with Crippen LogP contribution in [0.2, 0.25) is 0 Å². The molecule has 2 N–H and O–H groups in total. The van der Waals surface area contributed by atoms with Gasteiger partial charge in [0.2, 0.25) is 0 Å². The molecule has 0 unspecified atom stereocenters. The Morgan fingerprint density at radius 1 is 1.64 bits per heavy atom. The van der Waals surface area contributed by atoms with Crippen LogP contribution < -0.4 is 0 Å². The van der Waals surface area contributed by atoms with Gasteiger partial charge in [-0.05, 0) is 24.1 Å². The van der Waals surface area contributed by atoms with Crippen molar-refractivity contribution in [2.45, 2.75) is 13.0 Å². The number of aliphatic hydroxyl groups excluding tert-OH is 2. The molecule has 0 aliphatic rings. The van der Waals surface area contributed by atoms with Crippen LogP contribution in [0.25, 0.3) is 0 Å². The molecule has 60 valence electrons. The van der Waals surface area contributed by atoms with Gasteiger partial charge in [-0.1, -0.05) is 0 Å². The summed E-state index contributed by atoms with van der Waals surface area (Å²) in [5.41, 5.74) is 1.64. The number of nitrogens with zero attached hydrogens (tertiary/aromatic N) is 1. The van der Waals surface area contributed by atoms with Crippen LogP contribution in [0.5, 0.6) is 0 Å². The standard InChI is InChI=1S/C8H11NO2/c1-6-4-9-3-2-7(6)8(11)5-10/h2-4,8,10-11H,5H2,1H3/t8-/m0/s1. The van der Waals surface area contributed by atoms with E-state index >= 15 is 0 Å². The summed E-state index contributed by atoms with van der Waals surface area (Å²) in [5.74, 6) is 0. The lowest BCUT2D eigenvalue weighted by Crippen LogP contribution is -2.04. The van der Waals surface area contributed by atoms with E-state index in [2.05, 4.69) is 4.98 Å². The molecule has 1 aromatic rings. The smallest absolute Gasteiger partial charge is 0.102 e. The Hall–Kier alpha value is -0.930. The predicted octanol–water partition coefficient (Wildman–Crippen LogP) is 0.416. The summed E-state index contributed by atoms with van der Waals surface area (Å²) in [6, 6.07) is 1.70.